The van der Waals surface area contributed by atoms with E-state index in [4.69, 9.17) is 15.0 Å². The highest BCUT2D eigenvalue weighted by molar-refractivity contribution is 5.87. The minimum atomic E-state index is 0.924. The summed E-state index contributed by atoms with van der Waals surface area (Å²) in [6, 6.07) is 56.8. The fourth-order valence-corrected chi connectivity index (χ4v) is 5.75. The molecule has 0 aliphatic heterocycles. The van der Waals surface area contributed by atoms with E-state index in [1.54, 1.807) is 0 Å². The van der Waals surface area contributed by atoms with Gasteiger partial charge >= 0.3 is 0 Å². The third kappa shape index (κ3) is 5.01. The predicted molar refractivity (Wildman–Crippen MR) is 182 cm³/mol. The maximum absolute atomic E-state index is 5.10. The number of fused-ring (bicyclic) bond motifs is 2. The number of nitrogens with zero attached hydrogens (tertiary/aromatic N) is 3. The molecule has 0 bridgehead atoms. The van der Waals surface area contributed by atoms with Gasteiger partial charge in [0.15, 0.2) is 0 Å². The molecule has 3 heteroatoms. The van der Waals surface area contributed by atoms with E-state index < -0.39 is 0 Å². The van der Waals surface area contributed by atoms with Crippen molar-refractivity contribution in [2.24, 2.45) is 0 Å². The summed E-state index contributed by atoms with van der Waals surface area (Å²) in [6.45, 7) is 0. The highest BCUT2D eigenvalue weighted by Gasteiger charge is 2.14. The summed E-state index contributed by atoms with van der Waals surface area (Å²) in [5, 5.41) is 2.25. The first-order valence-electron chi connectivity index (χ1n) is 14.8. The summed E-state index contributed by atoms with van der Waals surface area (Å²) in [6.07, 6.45) is 0. The Morgan fingerprint density at radius 1 is 0.250 bits per heavy atom. The van der Waals surface area contributed by atoms with Crippen LogP contribution in [0.3, 0.4) is 0 Å². The van der Waals surface area contributed by atoms with Crippen molar-refractivity contribution in [3.05, 3.63) is 164 Å². The molecule has 0 fully saturated rings. The predicted octanol–water partition coefficient (Wildman–Crippen LogP) is 10.5. The van der Waals surface area contributed by atoms with Gasteiger partial charge in [0, 0.05) is 33.0 Å². The molecular formula is C41H27N3. The van der Waals surface area contributed by atoms with Crippen molar-refractivity contribution in [2.45, 2.75) is 0 Å². The van der Waals surface area contributed by atoms with Gasteiger partial charge in [-0.15, -0.1) is 0 Å². The lowest BCUT2D eigenvalue weighted by atomic mass is 9.94. The number of hydrogen-bond acceptors (Lipinski definition) is 3. The first-order valence-corrected chi connectivity index (χ1v) is 14.8. The van der Waals surface area contributed by atoms with Crippen LogP contribution >= 0.6 is 0 Å². The minimum Gasteiger partial charge on any atom is -0.248 e. The number of hydrogen-bond donors (Lipinski definition) is 0. The van der Waals surface area contributed by atoms with Crippen molar-refractivity contribution in [1.29, 1.82) is 0 Å². The van der Waals surface area contributed by atoms with Gasteiger partial charge in [-0.05, 0) is 65.7 Å². The summed E-state index contributed by atoms with van der Waals surface area (Å²) < 4.78 is 0. The second-order valence-corrected chi connectivity index (χ2v) is 10.9. The molecule has 0 N–H and O–H groups in total. The Morgan fingerprint density at radius 2 is 0.659 bits per heavy atom. The van der Waals surface area contributed by atoms with Crippen LogP contribution in [-0.4, -0.2) is 15.0 Å². The van der Waals surface area contributed by atoms with Gasteiger partial charge in [-0.3, -0.25) is 0 Å². The lowest BCUT2D eigenvalue weighted by Gasteiger charge is -2.14. The topological polar surface area (TPSA) is 38.7 Å². The van der Waals surface area contributed by atoms with Gasteiger partial charge in [-0.25, -0.2) is 15.0 Å². The standard InChI is InChI=1S/C41H27N3/c1-3-11-28(12-4-1)40-26-33(27-41(44-40)29-13-5-2-6-14-29)32-23-34(38-21-19-30-15-7-9-17-36(30)42-38)25-35(24-32)39-22-20-31-16-8-10-18-37(31)43-39/h1-27H. The van der Waals surface area contributed by atoms with Crippen molar-refractivity contribution >= 4 is 21.8 Å². The highest BCUT2D eigenvalue weighted by Crippen LogP contribution is 2.36. The zero-order valence-corrected chi connectivity index (χ0v) is 23.9. The van der Waals surface area contributed by atoms with E-state index in [9.17, 15) is 0 Å². The van der Waals surface area contributed by atoms with Crippen molar-refractivity contribution < 1.29 is 0 Å². The zero-order chi connectivity index (χ0) is 29.3. The third-order valence-corrected chi connectivity index (χ3v) is 8.02. The van der Waals surface area contributed by atoms with E-state index in [2.05, 4.69) is 127 Å². The smallest absolute Gasteiger partial charge is 0.0715 e. The van der Waals surface area contributed by atoms with Crippen LogP contribution in [-0.2, 0) is 0 Å². The van der Waals surface area contributed by atoms with Crippen LogP contribution < -0.4 is 0 Å². The normalized spacial score (nSPS) is 11.2. The van der Waals surface area contributed by atoms with Gasteiger partial charge in [-0.2, -0.15) is 0 Å². The molecule has 0 saturated carbocycles. The van der Waals surface area contributed by atoms with E-state index in [1.807, 2.05) is 36.4 Å². The number of pyridine rings is 3. The highest BCUT2D eigenvalue weighted by atomic mass is 14.7. The molecule has 0 aliphatic carbocycles. The Morgan fingerprint density at radius 3 is 1.16 bits per heavy atom. The molecule has 44 heavy (non-hydrogen) atoms. The van der Waals surface area contributed by atoms with E-state index in [0.717, 1.165) is 78.0 Å². The van der Waals surface area contributed by atoms with Gasteiger partial charge in [0.05, 0.1) is 33.8 Å². The van der Waals surface area contributed by atoms with Crippen molar-refractivity contribution in [1.82, 2.24) is 15.0 Å². The molecule has 0 spiro atoms. The molecule has 0 unspecified atom stereocenters. The maximum atomic E-state index is 5.10. The molecule has 0 atom stereocenters. The number of aromatic nitrogens is 3. The van der Waals surface area contributed by atoms with Crippen LogP contribution in [0.25, 0.3) is 78.0 Å². The van der Waals surface area contributed by atoms with Crippen LogP contribution in [0.1, 0.15) is 0 Å². The summed E-state index contributed by atoms with van der Waals surface area (Å²) in [7, 11) is 0. The second kappa shape index (κ2) is 11.0. The minimum absolute atomic E-state index is 0.924. The molecular weight excluding hydrogens is 534 g/mol. The molecule has 0 radical (unpaired) electrons. The summed E-state index contributed by atoms with van der Waals surface area (Å²) in [5.41, 5.74) is 12.1. The summed E-state index contributed by atoms with van der Waals surface area (Å²) >= 11 is 0. The first kappa shape index (κ1) is 25.8. The van der Waals surface area contributed by atoms with Crippen molar-refractivity contribution in [2.75, 3.05) is 0 Å². The number of rotatable bonds is 5. The van der Waals surface area contributed by atoms with Gasteiger partial charge in [-0.1, -0.05) is 109 Å². The maximum Gasteiger partial charge on any atom is 0.0715 e. The molecule has 5 aromatic carbocycles. The molecule has 3 heterocycles. The van der Waals surface area contributed by atoms with E-state index in [1.165, 1.54) is 0 Å². The SMILES string of the molecule is c1ccc(-c2cc(-c3cc(-c4ccc5ccccc5n4)cc(-c4ccc5ccccc5n4)c3)cc(-c3ccccc3)n2)cc1. The van der Waals surface area contributed by atoms with Crippen LogP contribution in [0.5, 0.6) is 0 Å². The Labute approximate surface area is 256 Å². The van der Waals surface area contributed by atoms with Gasteiger partial charge in [0.25, 0.3) is 0 Å². The number of benzene rings is 5. The van der Waals surface area contributed by atoms with Crippen LogP contribution in [0.15, 0.2) is 164 Å². The van der Waals surface area contributed by atoms with Crippen molar-refractivity contribution in [3.63, 3.8) is 0 Å². The summed E-state index contributed by atoms with van der Waals surface area (Å²) in [5.74, 6) is 0. The van der Waals surface area contributed by atoms with Crippen LogP contribution in [0.2, 0.25) is 0 Å². The first-order chi connectivity index (χ1) is 21.8. The zero-order valence-electron chi connectivity index (χ0n) is 23.9. The Balaban J connectivity index is 1.36. The monoisotopic (exact) mass is 561 g/mol. The lowest BCUT2D eigenvalue weighted by molar-refractivity contribution is 1.32. The van der Waals surface area contributed by atoms with Crippen molar-refractivity contribution in [3.8, 4) is 56.2 Å². The third-order valence-electron chi connectivity index (χ3n) is 8.02. The Hall–Kier alpha value is -5.93. The molecule has 0 amide bonds. The van der Waals surface area contributed by atoms with Crippen LogP contribution in [0, 0.1) is 0 Å². The van der Waals surface area contributed by atoms with E-state index >= 15 is 0 Å². The van der Waals surface area contributed by atoms with Gasteiger partial charge < -0.3 is 0 Å². The fraction of sp³-hybridized carbons (Fsp3) is 0. The van der Waals surface area contributed by atoms with E-state index in [-0.39, 0.29) is 0 Å². The van der Waals surface area contributed by atoms with Gasteiger partial charge in [0.2, 0.25) is 0 Å². The molecule has 3 aromatic heterocycles. The Bertz CT molecular complexity index is 2120. The molecule has 8 rings (SSSR count). The molecule has 3 nitrogen and oxygen atoms in total. The van der Waals surface area contributed by atoms with Crippen LogP contribution in [0.4, 0.5) is 0 Å². The Kier molecular flexibility index (Phi) is 6.47. The lowest BCUT2D eigenvalue weighted by Crippen LogP contribution is -1.93. The largest absolute Gasteiger partial charge is 0.248 e. The fourth-order valence-electron chi connectivity index (χ4n) is 5.75. The molecule has 0 aliphatic rings. The number of para-hydroxylation sites is 2. The van der Waals surface area contributed by atoms with E-state index in [0.29, 0.717) is 0 Å². The molecule has 206 valence electrons. The quantitative estimate of drug-likeness (QED) is 0.210. The van der Waals surface area contributed by atoms with Gasteiger partial charge in [0.1, 0.15) is 0 Å². The second-order valence-electron chi connectivity index (χ2n) is 10.9. The molecule has 8 aromatic rings. The average molecular weight is 562 g/mol. The summed E-state index contributed by atoms with van der Waals surface area (Å²) in [4.78, 5) is 15.2. The molecule has 0 saturated heterocycles. The average Bonchev–Trinajstić information content (AvgIpc) is 3.11.